The molecule has 0 atom stereocenters. The summed E-state index contributed by atoms with van der Waals surface area (Å²) in [6, 6.07) is 13.4. The van der Waals surface area contributed by atoms with E-state index in [9.17, 15) is 0 Å². The van der Waals surface area contributed by atoms with E-state index in [1.165, 1.54) is 35.1 Å². The number of nitrogens with zero attached hydrogens (tertiary/aromatic N) is 1. The minimum absolute atomic E-state index is 0.142. The third-order valence-electron chi connectivity index (χ3n) is 5.63. The minimum Gasteiger partial charge on any atom is -0.489 e. The van der Waals surface area contributed by atoms with Gasteiger partial charge in [-0.05, 0) is 93.4 Å². The van der Waals surface area contributed by atoms with E-state index in [2.05, 4.69) is 55.1 Å². The van der Waals surface area contributed by atoms with Crippen molar-refractivity contribution in [3.05, 3.63) is 58.7 Å². The Balaban J connectivity index is 1.63. The van der Waals surface area contributed by atoms with Crippen LogP contribution in [-0.2, 0) is 13.0 Å². The summed E-state index contributed by atoms with van der Waals surface area (Å²) < 4.78 is 5.92. The van der Waals surface area contributed by atoms with E-state index in [1.807, 2.05) is 13.8 Å². The molecule has 0 amide bonds. The first kappa shape index (κ1) is 19.8. The maximum Gasteiger partial charge on any atom is 0.142 e. The first-order chi connectivity index (χ1) is 13.0. The van der Waals surface area contributed by atoms with Crippen LogP contribution >= 0.6 is 0 Å². The largest absolute Gasteiger partial charge is 0.489 e. The summed E-state index contributed by atoms with van der Waals surface area (Å²) in [5, 5.41) is 0. The van der Waals surface area contributed by atoms with Gasteiger partial charge in [-0.1, -0.05) is 31.2 Å². The van der Waals surface area contributed by atoms with Crippen LogP contribution in [0.5, 0.6) is 5.75 Å². The van der Waals surface area contributed by atoms with Crippen LogP contribution in [-0.4, -0.2) is 24.1 Å². The molecule has 0 aliphatic carbocycles. The molecule has 0 saturated carbocycles. The van der Waals surface area contributed by atoms with Crippen LogP contribution < -0.4 is 10.5 Å². The molecule has 0 aromatic heterocycles. The van der Waals surface area contributed by atoms with Crippen molar-refractivity contribution in [3.8, 4) is 5.75 Å². The lowest BCUT2D eigenvalue weighted by molar-refractivity contribution is 0.204. The van der Waals surface area contributed by atoms with E-state index in [0.29, 0.717) is 5.92 Å². The second-order valence-corrected chi connectivity index (χ2v) is 8.13. The van der Waals surface area contributed by atoms with Crippen LogP contribution in [0.15, 0.2) is 36.4 Å². The summed E-state index contributed by atoms with van der Waals surface area (Å²) in [6.45, 7) is 11.8. The zero-order valence-corrected chi connectivity index (χ0v) is 17.3. The van der Waals surface area contributed by atoms with Gasteiger partial charge in [0.1, 0.15) is 5.75 Å². The number of ether oxygens (including phenoxy) is 1. The van der Waals surface area contributed by atoms with Gasteiger partial charge in [-0.3, -0.25) is 4.90 Å². The van der Waals surface area contributed by atoms with Crippen LogP contribution in [0.25, 0.3) is 0 Å². The molecule has 1 fully saturated rings. The molecule has 27 heavy (non-hydrogen) atoms. The number of nitrogens with two attached hydrogens (primary N) is 1. The molecule has 1 aliphatic rings. The SMILES string of the molecule is CCc1ccc(CN2CCC(c3cc(OC(C)C)c(N)cc3C)CC2)cc1. The number of nitrogen functional groups attached to an aromatic ring is 1. The molecule has 0 unspecified atom stereocenters. The first-order valence-corrected chi connectivity index (χ1v) is 10.3. The second kappa shape index (κ2) is 8.79. The zero-order chi connectivity index (χ0) is 19.4. The molecule has 3 nitrogen and oxygen atoms in total. The van der Waals surface area contributed by atoms with Crippen molar-refractivity contribution in [3.63, 3.8) is 0 Å². The lowest BCUT2D eigenvalue weighted by Gasteiger charge is -2.33. The maximum absolute atomic E-state index is 6.16. The van der Waals surface area contributed by atoms with Gasteiger partial charge in [-0.15, -0.1) is 0 Å². The number of anilines is 1. The first-order valence-electron chi connectivity index (χ1n) is 10.3. The van der Waals surface area contributed by atoms with Crippen LogP contribution in [0.2, 0.25) is 0 Å². The summed E-state index contributed by atoms with van der Waals surface area (Å²) >= 11 is 0. The zero-order valence-electron chi connectivity index (χ0n) is 17.3. The molecule has 2 aromatic carbocycles. The molecule has 1 heterocycles. The summed E-state index contributed by atoms with van der Waals surface area (Å²) in [5.74, 6) is 1.43. The van der Waals surface area contributed by atoms with Gasteiger partial charge < -0.3 is 10.5 Å². The van der Waals surface area contributed by atoms with Gasteiger partial charge in [0.25, 0.3) is 0 Å². The highest BCUT2D eigenvalue weighted by Crippen LogP contribution is 2.36. The van der Waals surface area contributed by atoms with Gasteiger partial charge in [0.2, 0.25) is 0 Å². The van der Waals surface area contributed by atoms with Gasteiger partial charge in [0.15, 0.2) is 0 Å². The summed E-state index contributed by atoms with van der Waals surface area (Å²) in [6.07, 6.45) is 3.64. The third kappa shape index (κ3) is 5.04. The van der Waals surface area contributed by atoms with Gasteiger partial charge >= 0.3 is 0 Å². The fraction of sp³-hybridized carbons (Fsp3) is 0.500. The Hall–Kier alpha value is -2.00. The molecule has 2 N–H and O–H groups in total. The number of rotatable bonds is 6. The van der Waals surface area contributed by atoms with Crippen molar-refractivity contribution >= 4 is 5.69 Å². The van der Waals surface area contributed by atoms with Gasteiger partial charge in [-0.2, -0.15) is 0 Å². The van der Waals surface area contributed by atoms with Crippen LogP contribution in [0.3, 0.4) is 0 Å². The van der Waals surface area contributed by atoms with Crippen molar-refractivity contribution in [1.29, 1.82) is 0 Å². The van der Waals surface area contributed by atoms with E-state index < -0.39 is 0 Å². The third-order valence-corrected chi connectivity index (χ3v) is 5.63. The molecule has 3 heteroatoms. The second-order valence-electron chi connectivity index (χ2n) is 8.13. The molecule has 1 saturated heterocycles. The number of hydrogen-bond acceptors (Lipinski definition) is 3. The number of hydrogen-bond donors (Lipinski definition) is 1. The molecule has 2 aromatic rings. The van der Waals surface area contributed by atoms with E-state index in [4.69, 9.17) is 10.5 Å². The van der Waals surface area contributed by atoms with Gasteiger partial charge in [-0.25, -0.2) is 0 Å². The molecule has 1 aliphatic heterocycles. The van der Waals surface area contributed by atoms with E-state index in [-0.39, 0.29) is 6.10 Å². The quantitative estimate of drug-likeness (QED) is 0.705. The van der Waals surface area contributed by atoms with Crippen molar-refractivity contribution < 1.29 is 4.74 Å². The van der Waals surface area contributed by atoms with Crippen molar-refractivity contribution in [2.75, 3.05) is 18.8 Å². The highest BCUT2D eigenvalue weighted by molar-refractivity contribution is 5.57. The molecule has 0 spiro atoms. The Morgan fingerprint density at radius 1 is 1.07 bits per heavy atom. The summed E-state index contributed by atoms with van der Waals surface area (Å²) in [5.41, 5.74) is 12.4. The van der Waals surface area contributed by atoms with Crippen molar-refractivity contribution in [2.45, 2.75) is 65.5 Å². The predicted octanol–water partition coefficient (Wildman–Crippen LogP) is 5.31. The average molecular weight is 367 g/mol. The number of aryl methyl sites for hydroxylation is 2. The fourth-order valence-corrected chi connectivity index (χ4v) is 4.06. The number of benzene rings is 2. The molecule has 0 bridgehead atoms. The molecular weight excluding hydrogens is 332 g/mol. The Morgan fingerprint density at radius 2 is 1.70 bits per heavy atom. The summed E-state index contributed by atoms with van der Waals surface area (Å²) in [4.78, 5) is 2.58. The fourth-order valence-electron chi connectivity index (χ4n) is 4.06. The smallest absolute Gasteiger partial charge is 0.142 e. The molecule has 3 rings (SSSR count). The van der Waals surface area contributed by atoms with Gasteiger partial charge in [0.05, 0.1) is 11.8 Å². The Kier molecular flexibility index (Phi) is 6.43. The minimum atomic E-state index is 0.142. The highest BCUT2D eigenvalue weighted by atomic mass is 16.5. The molecule has 0 radical (unpaired) electrons. The normalized spacial score (nSPS) is 16.0. The van der Waals surface area contributed by atoms with E-state index in [0.717, 1.165) is 37.5 Å². The highest BCUT2D eigenvalue weighted by Gasteiger charge is 2.23. The van der Waals surface area contributed by atoms with E-state index in [1.54, 1.807) is 0 Å². The topological polar surface area (TPSA) is 38.5 Å². The predicted molar refractivity (Wildman–Crippen MR) is 114 cm³/mol. The van der Waals surface area contributed by atoms with Crippen molar-refractivity contribution in [2.24, 2.45) is 0 Å². The monoisotopic (exact) mass is 366 g/mol. The molecule has 146 valence electrons. The molecular formula is C24H34N2O. The average Bonchev–Trinajstić information content (AvgIpc) is 2.65. The van der Waals surface area contributed by atoms with E-state index >= 15 is 0 Å². The lowest BCUT2D eigenvalue weighted by Crippen LogP contribution is -2.32. The lowest BCUT2D eigenvalue weighted by atomic mass is 9.86. The standard InChI is InChI=1S/C24H34N2O/c1-5-19-6-8-20(9-7-19)16-26-12-10-21(11-13-26)22-15-24(27-17(2)3)23(25)14-18(22)4/h6-9,14-15,17,21H,5,10-13,16,25H2,1-4H3. The van der Waals surface area contributed by atoms with Gasteiger partial charge in [0, 0.05) is 6.54 Å². The Labute approximate surface area is 164 Å². The Bertz CT molecular complexity index is 744. The summed E-state index contributed by atoms with van der Waals surface area (Å²) in [7, 11) is 0. The number of likely N-dealkylation sites (tertiary alicyclic amines) is 1. The van der Waals surface area contributed by atoms with Crippen LogP contribution in [0.1, 0.15) is 61.8 Å². The van der Waals surface area contributed by atoms with Crippen molar-refractivity contribution in [1.82, 2.24) is 4.90 Å². The van der Waals surface area contributed by atoms with Crippen LogP contribution in [0, 0.1) is 6.92 Å². The number of piperidine rings is 1. The maximum atomic E-state index is 6.16. The van der Waals surface area contributed by atoms with Crippen LogP contribution in [0.4, 0.5) is 5.69 Å². The Morgan fingerprint density at radius 3 is 2.30 bits per heavy atom.